The van der Waals surface area contributed by atoms with Crippen LogP contribution in [0.4, 0.5) is 5.69 Å². The van der Waals surface area contributed by atoms with Gasteiger partial charge in [0.25, 0.3) is 0 Å². The van der Waals surface area contributed by atoms with Crippen LogP contribution >= 0.6 is 22.6 Å². The summed E-state index contributed by atoms with van der Waals surface area (Å²) in [5.41, 5.74) is 1.78. The number of rotatable bonds is 3. The summed E-state index contributed by atoms with van der Waals surface area (Å²) in [6, 6.07) is 12.6. The summed E-state index contributed by atoms with van der Waals surface area (Å²) in [6.07, 6.45) is 0. The van der Waals surface area contributed by atoms with Crippen LogP contribution in [0, 0.1) is 3.57 Å². The number of benzene rings is 2. The van der Waals surface area contributed by atoms with Crippen LogP contribution in [-0.2, 0) is 0 Å². The van der Waals surface area contributed by atoms with Crippen molar-refractivity contribution in [3.63, 3.8) is 0 Å². The number of anilines is 1. The summed E-state index contributed by atoms with van der Waals surface area (Å²) in [5.74, 6) is 0.165. The molecule has 2 aromatic carbocycles. The minimum absolute atomic E-state index is 0.0403. The second-order valence-electron chi connectivity index (χ2n) is 4.09. The maximum Gasteiger partial charge on any atom is 0.124 e. The molecule has 3 nitrogen and oxygen atoms in total. The quantitative estimate of drug-likeness (QED) is 0.733. The van der Waals surface area contributed by atoms with Crippen LogP contribution in [0.15, 0.2) is 42.5 Å². The average molecular weight is 355 g/mol. The first-order valence-electron chi connectivity index (χ1n) is 5.61. The molecular formula is C14H14INO2. The molecule has 2 rings (SSSR count). The van der Waals surface area contributed by atoms with Gasteiger partial charge in [0, 0.05) is 20.9 Å². The number of hydrogen-bond acceptors (Lipinski definition) is 3. The fourth-order valence-electron chi connectivity index (χ4n) is 1.79. The van der Waals surface area contributed by atoms with Gasteiger partial charge in [0.2, 0.25) is 0 Å². The number of hydrogen-bond donors (Lipinski definition) is 3. The van der Waals surface area contributed by atoms with Crippen molar-refractivity contribution in [1.82, 2.24) is 0 Å². The number of para-hydroxylation sites is 1. The van der Waals surface area contributed by atoms with E-state index in [1.165, 1.54) is 6.07 Å². The highest BCUT2D eigenvalue weighted by atomic mass is 127. The maximum atomic E-state index is 9.81. The Morgan fingerprint density at radius 3 is 2.50 bits per heavy atom. The minimum Gasteiger partial charge on any atom is -0.508 e. The zero-order chi connectivity index (χ0) is 13.1. The first-order chi connectivity index (χ1) is 8.58. The van der Waals surface area contributed by atoms with Crippen LogP contribution in [0.25, 0.3) is 0 Å². The highest BCUT2D eigenvalue weighted by molar-refractivity contribution is 14.1. The second-order valence-corrected chi connectivity index (χ2v) is 5.25. The normalized spacial score (nSPS) is 12.1. The molecule has 0 aliphatic rings. The molecule has 0 aromatic heterocycles. The van der Waals surface area contributed by atoms with E-state index in [1.54, 1.807) is 12.1 Å². The molecule has 94 valence electrons. The maximum absolute atomic E-state index is 9.81. The van der Waals surface area contributed by atoms with Crippen LogP contribution in [-0.4, -0.2) is 10.2 Å². The highest BCUT2D eigenvalue weighted by Crippen LogP contribution is 2.30. The number of halogens is 1. The first-order valence-corrected chi connectivity index (χ1v) is 6.69. The smallest absolute Gasteiger partial charge is 0.124 e. The predicted octanol–water partition coefficient (Wildman–Crippen LogP) is 3.88. The molecule has 4 heteroatoms. The highest BCUT2D eigenvalue weighted by Gasteiger charge is 2.11. The van der Waals surface area contributed by atoms with Gasteiger partial charge in [-0.05, 0) is 53.8 Å². The molecule has 0 amide bonds. The molecule has 1 atom stereocenters. The van der Waals surface area contributed by atoms with Gasteiger partial charge in [-0.3, -0.25) is 0 Å². The molecule has 3 N–H and O–H groups in total. The van der Waals surface area contributed by atoms with Crippen molar-refractivity contribution < 1.29 is 10.2 Å². The van der Waals surface area contributed by atoms with E-state index < -0.39 is 0 Å². The number of phenols is 2. The molecule has 0 saturated heterocycles. The van der Waals surface area contributed by atoms with E-state index in [0.717, 1.165) is 14.8 Å². The average Bonchev–Trinajstić information content (AvgIpc) is 2.32. The van der Waals surface area contributed by atoms with E-state index >= 15 is 0 Å². The van der Waals surface area contributed by atoms with Crippen molar-refractivity contribution in [1.29, 1.82) is 0 Å². The van der Waals surface area contributed by atoms with Gasteiger partial charge < -0.3 is 15.5 Å². The van der Waals surface area contributed by atoms with Gasteiger partial charge in [-0.15, -0.1) is 0 Å². The summed E-state index contributed by atoms with van der Waals surface area (Å²) in [6.45, 7) is 1.97. The topological polar surface area (TPSA) is 52.5 Å². The molecule has 0 radical (unpaired) electrons. The third kappa shape index (κ3) is 2.87. The Morgan fingerprint density at radius 2 is 1.83 bits per heavy atom. The Bertz CT molecular complexity index is 557. The fourth-order valence-corrected chi connectivity index (χ4v) is 2.33. The molecule has 0 saturated carbocycles. The molecular weight excluding hydrogens is 341 g/mol. The van der Waals surface area contributed by atoms with E-state index in [4.69, 9.17) is 0 Å². The molecule has 18 heavy (non-hydrogen) atoms. The third-order valence-electron chi connectivity index (χ3n) is 2.73. The predicted molar refractivity (Wildman–Crippen MR) is 81.0 cm³/mol. The van der Waals surface area contributed by atoms with Crippen molar-refractivity contribution >= 4 is 28.3 Å². The van der Waals surface area contributed by atoms with Crippen LogP contribution in [0.2, 0.25) is 0 Å². The van der Waals surface area contributed by atoms with Crippen LogP contribution in [0.3, 0.4) is 0 Å². The van der Waals surface area contributed by atoms with Gasteiger partial charge in [0.05, 0.1) is 6.04 Å². The van der Waals surface area contributed by atoms with E-state index in [2.05, 4.69) is 27.9 Å². The lowest BCUT2D eigenvalue weighted by Gasteiger charge is -2.18. The molecule has 0 fully saturated rings. The van der Waals surface area contributed by atoms with Crippen LogP contribution < -0.4 is 5.32 Å². The monoisotopic (exact) mass is 355 g/mol. The van der Waals surface area contributed by atoms with Gasteiger partial charge in [0.1, 0.15) is 11.5 Å². The van der Waals surface area contributed by atoms with E-state index in [-0.39, 0.29) is 17.5 Å². The summed E-state index contributed by atoms with van der Waals surface area (Å²) < 4.78 is 1.13. The SMILES string of the molecule is CC(Nc1ccccc1I)c1ccc(O)cc1O. The Balaban J connectivity index is 2.22. The van der Waals surface area contributed by atoms with Gasteiger partial charge in [-0.2, -0.15) is 0 Å². The van der Waals surface area contributed by atoms with Crippen LogP contribution in [0.1, 0.15) is 18.5 Å². The van der Waals surface area contributed by atoms with Crippen molar-refractivity contribution in [3.8, 4) is 11.5 Å². The van der Waals surface area contributed by atoms with Crippen LogP contribution in [0.5, 0.6) is 11.5 Å². The van der Waals surface area contributed by atoms with Crippen molar-refractivity contribution in [2.75, 3.05) is 5.32 Å². The van der Waals surface area contributed by atoms with Gasteiger partial charge >= 0.3 is 0 Å². The van der Waals surface area contributed by atoms with Crippen molar-refractivity contribution in [2.24, 2.45) is 0 Å². The van der Waals surface area contributed by atoms with E-state index in [0.29, 0.717) is 0 Å². The zero-order valence-electron chi connectivity index (χ0n) is 9.89. The fraction of sp³-hybridized carbons (Fsp3) is 0.143. The summed E-state index contributed by atoms with van der Waals surface area (Å²) >= 11 is 2.26. The van der Waals surface area contributed by atoms with Gasteiger partial charge in [-0.25, -0.2) is 0 Å². The first kappa shape index (κ1) is 13.0. The van der Waals surface area contributed by atoms with Gasteiger partial charge in [-0.1, -0.05) is 12.1 Å². The lowest BCUT2D eigenvalue weighted by molar-refractivity contribution is 0.444. The Hall–Kier alpha value is -1.43. The summed E-state index contributed by atoms with van der Waals surface area (Å²) in [4.78, 5) is 0. The standard InChI is InChI=1S/C14H14INO2/c1-9(11-7-6-10(17)8-14(11)18)16-13-5-3-2-4-12(13)15/h2-9,16-18H,1H3. The largest absolute Gasteiger partial charge is 0.508 e. The van der Waals surface area contributed by atoms with E-state index in [1.807, 2.05) is 31.2 Å². The molecule has 2 aromatic rings. The summed E-state index contributed by atoms with van der Waals surface area (Å²) in [7, 11) is 0. The lowest BCUT2D eigenvalue weighted by Crippen LogP contribution is -2.07. The molecule has 0 bridgehead atoms. The Morgan fingerprint density at radius 1 is 1.11 bits per heavy atom. The Kier molecular flexibility index (Phi) is 3.96. The van der Waals surface area contributed by atoms with E-state index in [9.17, 15) is 10.2 Å². The molecule has 0 heterocycles. The lowest BCUT2D eigenvalue weighted by atomic mass is 10.1. The zero-order valence-corrected chi connectivity index (χ0v) is 12.0. The molecule has 0 aliphatic carbocycles. The number of phenolic OH excluding ortho intramolecular Hbond substituents is 2. The molecule has 0 spiro atoms. The Labute approximate surface area is 120 Å². The van der Waals surface area contributed by atoms with Crippen molar-refractivity contribution in [2.45, 2.75) is 13.0 Å². The summed E-state index contributed by atoms with van der Waals surface area (Å²) in [5, 5.41) is 22.4. The third-order valence-corrected chi connectivity index (χ3v) is 3.67. The van der Waals surface area contributed by atoms with Crippen molar-refractivity contribution in [3.05, 3.63) is 51.6 Å². The second kappa shape index (κ2) is 5.48. The van der Waals surface area contributed by atoms with Gasteiger partial charge in [0.15, 0.2) is 0 Å². The number of nitrogens with one attached hydrogen (secondary N) is 1. The molecule has 0 aliphatic heterocycles. The molecule has 1 unspecified atom stereocenters. The number of aromatic hydroxyl groups is 2. The minimum atomic E-state index is -0.0403.